The maximum atomic E-state index is 10.6. The average Bonchev–Trinajstić information content (AvgIpc) is 2.39. The number of pyridine rings is 1. The number of rotatable bonds is 1. The normalized spacial score (nSPS) is 32.1. The van der Waals surface area contributed by atoms with Gasteiger partial charge in [-0.15, -0.1) is 0 Å². The van der Waals surface area contributed by atoms with E-state index in [0.29, 0.717) is 10.9 Å². The van der Waals surface area contributed by atoms with Crippen LogP contribution >= 0.6 is 11.6 Å². The number of hydrogen-bond acceptors (Lipinski definition) is 3. The van der Waals surface area contributed by atoms with Crippen molar-refractivity contribution >= 4 is 17.4 Å². The van der Waals surface area contributed by atoms with E-state index in [2.05, 4.69) is 9.88 Å². The van der Waals surface area contributed by atoms with E-state index < -0.39 is 5.60 Å². The van der Waals surface area contributed by atoms with Crippen molar-refractivity contribution in [1.29, 1.82) is 0 Å². The van der Waals surface area contributed by atoms with E-state index in [4.69, 9.17) is 11.6 Å². The van der Waals surface area contributed by atoms with Crippen LogP contribution in [0.2, 0.25) is 5.02 Å². The van der Waals surface area contributed by atoms with Crippen molar-refractivity contribution in [3.8, 4) is 0 Å². The van der Waals surface area contributed by atoms with Gasteiger partial charge in [0.05, 0.1) is 10.6 Å². The Bertz CT molecular complexity index is 422. The molecule has 0 amide bonds. The van der Waals surface area contributed by atoms with Gasteiger partial charge in [0.25, 0.3) is 0 Å². The lowest BCUT2D eigenvalue weighted by Gasteiger charge is -2.47. The van der Waals surface area contributed by atoms with Gasteiger partial charge in [-0.05, 0) is 31.4 Å². The SMILES string of the molecule is OC12CCCCC1CN(c1ccc(Cl)cn1)CC2. The molecule has 0 aromatic carbocycles. The zero-order chi connectivity index (χ0) is 12.6. The summed E-state index contributed by atoms with van der Waals surface area (Å²) >= 11 is 5.86. The molecule has 18 heavy (non-hydrogen) atoms. The minimum atomic E-state index is -0.416. The highest BCUT2D eigenvalue weighted by Gasteiger charge is 2.42. The van der Waals surface area contributed by atoms with Crippen LogP contribution in [0, 0.1) is 5.92 Å². The summed E-state index contributed by atoms with van der Waals surface area (Å²) in [6.45, 7) is 1.81. The summed E-state index contributed by atoms with van der Waals surface area (Å²) in [5, 5.41) is 11.3. The van der Waals surface area contributed by atoms with Gasteiger partial charge in [0, 0.05) is 25.2 Å². The molecule has 0 spiro atoms. The molecule has 2 atom stereocenters. The molecule has 3 nitrogen and oxygen atoms in total. The number of piperidine rings is 1. The van der Waals surface area contributed by atoms with Crippen LogP contribution < -0.4 is 4.90 Å². The first-order valence-corrected chi connectivity index (χ1v) is 7.14. The van der Waals surface area contributed by atoms with Crippen molar-refractivity contribution < 1.29 is 5.11 Å². The second-order valence-electron chi connectivity index (χ2n) is 5.58. The minimum Gasteiger partial charge on any atom is -0.389 e. The lowest BCUT2D eigenvalue weighted by atomic mass is 9.71. The summed E-state index contributed by atoms with van der Waals surface area (Å²) in [6, 6.07) is 3.85. The molecule has 1 aromatic heterocycles. The van der Waals surface area contributed by atoms with Crippen LogP contribution in [0.25, 0.3) is 0 Å². The molecule has 98 valence electrons. The van der Waals surface area contributed by atoms with E-state index >= 15 is 0 Å². The highest BCUT2D eigenvalue weighted by molar-refractivity contribution is 6.30. The van der Waals surface area contributed by atoms with Gasteiger partial charge in [0.15, 0.2) is 0 Å². The van der Waals surface area contributed by atoms with Gasteiger partial charge in [-0.3, -0.25) is 0 Å². The molecule has 1 N–H and O–H groups in total. The third-order valence-corrected chi connectivity index (χ3v) is 4.69. The Morgan fingerprint density at radius 3 is 3.00 bits per heavy atom. The Hall–Kier alpha value is -0.800. The van der Waals surface area contributed by atoms with Crippen LogP contribution in [-0.4, -0.2) is 28.8 Å². The van der Waals surface area contributed by atoms with Gasteiger partial charge in [-0.1, -0.05) is 24.4 Å². The molecule has 1 saturated carbocycles. The molecule has 1 aliphatic carbocycles. The van der Waals surface area contributed by atoms with Gasteiger partial charge in [0.2, 0.25) is 0 Å². The molecule has 3 rings (SSSR count). The van der Waals surface area contributed by atoms with Crippen molar-refractivity contribution in [2.24, 2.45) is 5.92 Å². The Morgan fingerprint density at radius 1 is 1.33 bits per heavy atom. The maximum Gasteiger partial charge on any atom is 0.128 e. The molecule has 2 fully saturated rings. The first-order chi connectivity index (χ1) is 8.67. The number of aromatic nitrogens is 1. The quantitative estimate of drug-likeness (QED) is 0.849. The first-order valence-electron chi connectivity index (χ1n) is 6.76. The summed E-state index contributed by atoms with van der Waals surface area (Å²) in [5.74, 6) is 1.38. The molecular formula is C14H19ClN2O. The van der Waals surface area contributed by atoms with E-state index in [1.54, 1.807) is 6.20 Å². The maximum absolute atomic E-state index is 10.6. The Balaban J connectivity index is 1.75. The highest BCUT2D eigenvalue weighted by atomic mass is 35.5. The van der Waals surface area contributed by atoms with E-state index in [0.717, 1.165) is 38.2 Å². The fraction of sp³-hybridized carbons (Fsp3) is 0.643. The van der Waals surface area contributed by atoms with Crippen LogP contribution in [0.1, 0.15) is 32.1 Å². The van der Waals surface area contributed by atoms with Crippen molar-refractivity contribution in [2.75, 3.05) is 18.0 Å². The van der Waals surface area contributed by atoms with Crippen LogP contribution in [0.4, 0.5) is 5.82 Å². The van der Waals surface area contributed by atoms with Crippen LogP contribution in [0.15, 0.2) is 18.3 Å². The van der Waals surface area contributed by atoms with E-state index in [9.17, 15) is 5.11 Å². The van der Waals surface area contributed by atoms with Crippen molar-refractivity contribution in [2.45, 2.75) is 37.7 Å². The third-order valence-electron chi connectivity index (χ3n) is 4.46. The Morgan fingerprint density at radius 2 is 2.22 bits per heavy atom. The summed E-state index contributed by atoms with van der Waals surface area (Å²) < 4.78 is 0. The van der Waals surface area contributed by atoms with Crippen molar-refractivity contribution in [3.63, 3.8) is 0 Å². The van der Waals surface area contributed by atoms with Crippen LogP contribution in [-0.2, 0) is 0 Å². The summed E-state index contributed by atoms with van der Waals surface area (Å²) in [4.78, 5) is 6.65. The van der Waals surface area contributed by atoms with Crippen LogP contribution in [0.3, 0.4) is 0 Å². The first kappa shape index (κ1) is 12.2. The number of halogens is 1. The lowest BCUT2D eigenvalue weighted by Crippen LogP contribution is -2.53. The number of fused-ring (bicyclic) bond motifs is 1. The molecule has 2 aliphatic rings. The fourth-order valence-corrected chi connectivity index (χ4v) is 3.45. The second kappa shape index (κ2) is 4.71. The number of nitrogens with zero attached hydrogens (tertiary/aromatic N) is 2. The molecule has 1 saturated heterocycles. The minimum absolute atomic E-state index is 0.400. The summed E-state index contributed by atoms with van der Waals surface area (Å²) in [7, 11) is 0. The van der Waals surface area contributed by atoms with Crippen LogP contribution in [0.5, 0.6) is 0 Å². The monoisotopic (exact) mass is 266 g/mol. The number of aliphatic hydroxyl groups is 1. The Labute approximate surface area is 113 Å². The third kappa shape index (κ3) is 2.21. The van der Waals surface area contributed by atoms with Gasteiger partial charge < -0.3 is 10.0 Å². The summed E-state index contributed by atoms with van der Waals surface area (Å²) in [5.41, 5.74) is -0.416. The predicted molar refractivity (Wildman–Crippen MR) is 73.0 cm³/mol. The van der Waals surface area contributed by atoms with Gasteiger partial charge >= 0.3 is 0 Å². The smallest absolute Gasteiger partial charge is 0.128 e. The lowest BCUT2D eigenvalue weighted by molar-refractivity contribution is -0.0613. The topological polar surface area (TPSA) is 36.4 Å². The molecule has 1 aromatic rings. The molecular weight excluding hydrogens is 248 g/mol. The molecule has 2 unspecified atom stereocenters. The molecule has 0 radical (unpaired) electrons. The predicted octanol–water partition coefficient (Wildman–Crippen LogP) is 2.87. The standard InChI is InChI=1S/C14H19ClN2O/c15-12-4-5-13(16-9-12)17-8-7-14(18)6-2-1-3-11(14)10-17/h4-5,9,11,18H,1-3,6-8,10H2. The van der Waals surface area contributed by atoms with Gasteiger partial charge in [0.1, 0.15) is 5.82 Å². The number of anilines is 1. The fourth-order valence-electron chi connectivity index (χ4n) is 3.33. The molecule has 1 aliphatic heterocycles. The van der Waals surface area contributed by atoms with Crippen molar-refractivity contribution in [3.05, 3.63) is 23.4 Å². The van der Waals surface area contributed by atoms with E-state index in [1.165, 1.54) is 12.8 Å². The zero-order valence-electron chi connectivity index (χ0n) is 10.5. The summed E-state index contributed by atoms with van der Waals surface area (Å²) in [6.07, 6.45) is 7.09. The Kier molecular flexibility index (Phi) is 3.20. The van der Waals surface area contributed by atoms with E-state index in [1.807, 2.05) is 12.1 Å². The van der Waals surface area contributed by atoms with Crippen molar-refractivity contribution in [1.82, 2.24) is 4.98 Å². The highest BCUT2D eigenvalue weighted by Crippen LogP contribution is 2.40. The molecule has 2 heterocycles. The largest absolute Gasteiger partial charge is 0.389 e. The van der Waals surface area contributed by atoms with Gasteiger partial charge in [-0.25, -0.2) is 4.98 Å². The average molecular weight is 267 g/mol. The zero-order valence-corrected chi connectivity index (χ0v) is 11.2. The molecule has 4 heteroatoms. The van der Waals surface area contributed by atoms with Gasteiger partial charge in [-0.2, -0.15) is 0 Å². The van der Waals surface area contributed by atoms with E-state index in [-0.39, 0.29) is 0 Å². The molecule has 0 bridgehead atoms. The number of hydrogen-bond donors (Lipinski definition) is 1. The second-order valence-corrected chi connectivity index (χ2v) is 6.01.